The summed E-state index contributed by atoms with van der Waals surface area (Å²) in [5.41, 5.74) is 3.28. The van der Waals surface area contributed by atoms with Crippen molar-refractivity contribution in [3.63, 3.8) is 0 Å². The van der Waals surface area contributed by atoms with E-state index in [1.54, 1.807) is 0 Å². The standard InChI is InChI=1S/C15H12ClIN2/c16-10-9-15-18-13-3-1-2-4-14(13)19(15)12-7-5-11(17)6-8-12/h1-8H,9-10H2. The topological polar surface area (TPSA) is 17.8 Å². The van der Waals surface area contributed by atoms with E-state index in [-0.39, 0.29) is 0 Å². The maximum atomic E-state index is 5.89. The minimum Gasteiger partial charge on any atom is -0.296 e. The van der Waals surface area contributed by atoms with Crippen LogP contribution < -0.4 is 0 Å². The van der Waals surface area contributed by atoms with Gasteiger partial charge in [0.05, 0.1) is 11.0 Å². The van der Waals surface area contributed by atoms with E-state index in [2.05, 4.69) is 62.5 Å². The van der Waals surface area contributed by atoms with Crippen molar-refractivity contribution in [2.45, 2.75) is 6.42 Å². The van der Waals surface area contributed by atoms with Crippen LogP contribution in [-0.2, 0) is 6.42 Å². The van der Waals surface area contributed by atoms with Gasteiger partial charge in [-0.05, 0) is 59.0 Å². The molecule has 2 aromatic carbocycles. The summed E-state index contributed by atoms with van der Waals surface area (Å²) >= 11 is 8.21. The fourth-order valence-corrected chi connectivity index (χ4v) is 2.73. The molecule has 0 radical (unpaired) electrons. The molecule has 1 aromatic heterocycles. The van der Waals surface area contributed by atoms with Gasteiger partial charge in [0.25, 0.3) is 0 Å². The molecule has 2 nitrogen and oxygen atoms in total. The number of aryl methyl sites for hydroxylation is 1. The van der Waals surface area contributed by atoms with Crippen LogP contribution in [0, 0.1) is 3.57 Å². The van der Waals surface area contributed by atoms with Crippen molar-refractivity contribution in [2.24, 2.45) is 0 Å². The first-order valence-corrected chi connectivity index (χ1v) is 7.69. The lowest BCUT2D eigenvalue weighted by Crippen LogP contribution is -2.02. The molecular formula is C15H12ClIN2. The first-order valence-electron chi connectivity index (χ1n) is 6.08. The Bertz CT molecular complexity index is 704. The maximum Gasteiger partial charge on any atom is 0.115 e. The van der Waals surface area contributed by atoms with Crippen molar-refractivity contribution >= 4 is 45.2 Å². The van der Waals surface area contributed by atoms with Crippen LogP contribution >= 0.6 is 34.2 Å². The summed E-state index contributed by atoms with van der Waals surface area (Å²) in [6.45, 7) is 0. The molecule has 0 aliphatic rings. The molecule has 19 heavy (non-hydrogen) atoms. The molecule has 0 bridgehead atoms. The normalized spacial score (nSPS) is 11.1. The van der Waals surface area contributed by atoms with Crippen LogP contribution in [0.2, 0.25) is 0 Å². The number of hydrogen-bond donors (Lipinski definition) is 0. The lowest BCUT2D eigenvalue weighted by molar-refractivity contribution is 0.912. The van der Waals surface area contributed by atoms with Crippen molar-refractivity contribution in [1.29, 1.82) is 0 Å². The average Bonchev–Trinajstić information content (AvgIpc) is 2.78. The van der Waals surface area contributed by atoms with Crippen molar-refractivity contribution < 1.29 is 0 Å². The summed E-state index contributed by atoms with van der Waals surface area (Å²) in [4.78, 5) is 4.68. The highest BCUT2D eigenvalue weighted by molar-refractivity contribution is 14.1. The number of hydrogen-bond acceptors (Lipinski definition) is 1. The van der Waals surface area contributed by atoms with Crippen LogP contribution in [0.1, 0.15) is 5.82 Å². The molecule has 0 aliphatic carbocycles. The van der Waals surface area contributed by atoms with E-state index in [1.165, 1.54) is 3.57 Å². The molecule has 0 unspecified atom stereocenters. The molecule has 0 N–H and O–H groups in total. The molecule has 96 valence electrons. The summed E-state index contributed by atoms with van der Waals surface area (Å²) in [5, 5.41) is 0. The fraction of sp³-hybridized carbons (Fsp3) is 0.133. The molecule has 4 heteroatoms. The van der Waals surface area contributed by atoms with Gasteiger partial charge in [-0.1, -0.05) is 12.1 Å². The highest BCUT2D eigenvalue weighted by atomic mass is 127. The van der Waals surface area contributed by atoms with Crippen molar-refractivity contribution in [1.82, 2.24) is 9.55 Å². The molecule has 0 atom stereocenters. The molecule has 0 saturated heterocycles. The van der Waals surface area contributed by atoms with Crippen LogP contribution in [0.5, 0.6) is 0 Å². The molecule has 0 amide bonds. The Morgan fingerprint density at radius 1 is 1.05 bits per heavy atom. The predicted octanol–water partition coefficient (Wildman–Crippen LogP) is 4.41. The average molecular weight is 383 g/mol. The first-order chi connectivity index (χ1) is 9.29. The van der Waals surface area contributed by atoms with Gasteiger partial charge >= 0.3 is 0 Å². The maximum absolute atomic E-state index is 5.89. The molecular weight excluding hydrogens is 371 g/mol. The number of fused-ring (bicyclic) bond motifs is 1. The largest absolute Gasteiger partial charge is 0.296 e. The van der Waals surface area contributed by atoms with E-state index in [4.69, 9.17) is 11.6 Å². The van der Waals surface area contributed by atoms with E-state index in [0.29, 0.717) is 5.88 Å². The van der Waals surface area contributed by atoms with E-state index >= 15 is 0 Å². The Balaban J connectivity index is 2.24. The van der Waals surface area contributed by atoms with Crippen LogP contribution in [0.4, 0.5) is 0 Å². The van der Waals surface area contributed by atoms with Gasteiger partial charge in [0, 0.05) is 21.6 Å². The molecule has 3 rings (SSSR count). The zero-order valence-electron chi connectivity index (χ0n) is 10.2. The van der Waals surface area contributed by atoms with Crippen LogP contribution in [-0.4, -0.2) is 15.4 Å². The Morgan fingerprint density at radius 2 is 1.79 bits per heavy atom. The number of halogens is 2. The SMILES string of the molecule is ClCCc1nc2ccccc2n1-c1ccc(I)cc1. The lowest BCUT2D eigenvalue weighted by Gasteiger charge is -2.08. The number of alkyl halides is 1. The quantitative estimate of drug-likeness (QED) is 0.484. The molecule has 0 aliphatic heterocycles. The van der Waals surface area contributed by atoms with E-state index in [1.807, 2.05) is 18.2 Å². The summed E-state index contributed by atoms with van der Waals surface area (Å²) in [6, 6.07) is 16.6. The molecule has 0 saturated carbocycles. The van der Waals surface area contributed by atoms with Gasteiger partial charge in [0.15, 0.2) is 0 Å². The van der Waals surface area contributed by atoms with Gasteiger partial charge in [0.1, 0.15) is 5.82 Å². The smallest absolute Gasteiger partial charge is 0.115 e. The number of rotatable bonds is 3. The summed E-state index contributed by atoms with van der Waals surface area (Å²) < 4.78 is 3.41. The zero-order chi connectivity index (χ0) is 13.2. The third-order valence-corrected chi connectivity index (χ3v) is 3.94. The van der Waals surface area contributed by atoms with E-state index in [9.17, 15) is 0 Å². The molecule has 1 heterocycles. The van der Waals surface area contributed by atoms with Gasteiger partial charge in [0.2, 0.25) is 0 Å². The third-order valence-electron chi connectivity index (χ3n) is 3.03. The number of nitrogens with zero attached hydrogens (tertiary/aromatic N) is 2. The molecule has 0 spiro atoms. The minimum absolute atomic E-state index is 0.577. The van der Waals surface area contributed by atoms with Crippen LogP contribution in [0.15, 0.2) is 48.5 Å². The summed E-state index contributed by atoms with van der Waals surface area (Å²) in [5.74, 6) is 1.59. The van der Waals surface area contributed by atoms with E-state index < -0.39 is 0 Å². The minimum atomic E-state index is 0.577. The Labute approximate surface area is 130 Å². The van der Waals surface area contributed by atoms with Crippen LogP contribution in [0.3, 0.4) is 0 Å². The van der Waals surface area contributed by atoms with Crippen molar-refractivity contribution in [2.75, 3.05) is 5.88 Å². The summed E-state index contributed by atoms with van der Waals surface area (Å²) in [7, 11) is 0. The Kier molecular flexibility index (Phi) is 3.75. The van der Waals surface area contributed by atoms with Crippen molar-refractivity contribution in [3.05, 3.63) is 57.9 Å². The second-order valence-electron chi connectivity index (χ2n) is 4.27. The highest BCUT2D eigenvalue weighted by Gasteiger charge is 2.11. The number of aromatic nitrogens is 2. The fourth-order valence-electron chi connectivity index (χ4n) is 2.21. The summed E-state index contributed by atoms with van der Waals surface area (Å²) in [6.07, 6.45) is 0.766. The first kappa shape index (κ1) is 12.9. The molecule has 0 fully saturated rings. The van der Waals surface area contributed by atoms with E-state index in [0.717, 1.165) is 29.0 Å². The highest BCUT2D eigenvalue weighted by Crippen LogP contribution is 2.22. The lowest BCUT2D eigenvalue weighted by atomic mass is 10.2. The van der Waals surface area contributed by atoms with Gasteiger partial charge in [-0.15, -0.1) is 11.6 Å². The van der Waals surface area contributed by atoms with Crippen molar-refractivity contribution in [3.8, 4) is 5.69 Å². The van der Waals surface area contributed by atoms with Gasteiger partial charge < -0.3 is 0 Å². The number of para-hydroxylation sites is 2. The Hall–Kier alpha value is -1.07. The van der Waals surface area contributed by atoms with Crippen LogP contribution in [0.25, 0.3) is 16.7 Å². The Morgan fingerprint density at radius 3 is 2.53 bits per heavy atom. The van der Waals surface area contributed by atoms with Gasteiger partial charge in [-0.2, -0.15) is 0 Å². The number of benzene rings is 2. The molecule has 3 aromatic rings. The second-order valence-corrected chi connectivity index (χ2v) is 5.89. The number of imidazole rings is 1. The second kappa shape index (κ2) is 5.51. The monoisotopic (exact) mass is 382 g/mol. The predicted molar refractivity (Wildman–Crippen MR) is 88.2 cm³/mol. The third kappa shape index (κ3) is 2.49. The van der Waals surface area contributed by atoms with Gasteiger partial charge in [-0.3, -0.25) is 4.57 Å². The zero-order valence-corrected chi connectivity index (χ0v) is 13.1. The van der Waals surface area contributed by atoms with Gasteiger partial charge in [-0.25, -0.2) is 4.98 Å².